The van der Waals surface area contributed by atoms with Crippen LogP contribution in [0.5, 0.6) is 0 Å². The number of rotatable bonds is 25. The van der Waals surface area contributed by atoms with E-state index < -0.39 is 0 Å². The van der Waals surface area contributed by atoms with Crippen molar-refractivity contribution in [1.29, 1.82) is 0 Å². The highest BCUT2D eigenvalue weighted by Crippen LogP contribution is 2.40. The van der Waals surface area contributed by atoms with Crippen LogP contribution in [0.4, 0.5) is 69.3 Å². The van der Waals surface area contributed by atoms with Gasteiger partial charge in [0.1, 0.15) is 22.6 Å². The summed E-state index contributed by atoms with van der Waals surface area (Å²) in [7, 11) is 8.64. The SMILES string of the molecule is CCn1c(=O)c(-c2ccc(-c3cccnc3)s2)cc2cnc(Nc3ccc(N4CCN(C)CC4)cc3)nc21.CCn1c(=O)c(-c2ccc(-c3ccncc3)s2)cc2cnc(Nc3ccc(N4CCN(C)CC4)cc3)nc21.CCn1c(=O)c(-c2ccc(-c3ccoc3)s2)cc2cnc(Nc3ccc(N4CCN(C)CC4)cc3)nc21.CCn1c(=O)c(-c2ccc(/C(N)=C/NN)s2)cc2cnc(Nc3ccc(N4CCN(C)CC4)cc3)nc21. The molecule has 4 aliphatic rings. The fourth-order valence-electron chi connectivity index (χ4n) is 18.7. The lowest BCUT2D eigenvalue weighted by molar-refractivity contribution is 0.313. The van der Waals surface area contributed by atoms with E-state index in [0.717, 1.165) is 205 Å². The molecule has 764 valence electrons. The van der Waals surface area contributed by atoms with Gasteiger partial charge in [0.05, 0.1) is 45.4 Å². The van der Waals surface area contributed by atoms with Gasteiger partial charge in [0, 0.05) is 299 Å². The number of hydrogen-bond donors (Lipinski definition) is 7. The fraction of sp³-hybridized carbons (Fsp3) is 0.250. The molecule has 4 aliphatic heterocycles. The zero-order chi connectivity index (χ0) is 103. The highest BCUT2D eigenvalue weighted by Gasteiger charge is 2.26. The minimum atomic E-state index is -0.107. The molecule has 9 N–H and O–H groups in total. The van der Waals surface area contributed by atoms with E-state index in [-0.39, 0.29) is 22.2 Å². The van der Waals surface area contributed by atoms with E-state index in [1.54, 1.807) is 108 Å². The zero-order valence-electron chi connectivity index (χ0n) is 84.7. The molecule has 19 heterocycles. The van der Waals surface area contributed by atoms with Gasteiger partial charge in [-0.05, 0) is 256 Å². The van der Waals surface area contributed by atoms with Crippen LogP contribution in [0.15, 0.2) is 292 Å². The predicted octanol–water partition coefficient (Wildman–Crippen LogP) is 18.2. The van der Waals surface area contributed by atoms with Gasteiger partial charge in [-0.15, -0.1) is 45.3 Å². The van der Waals surface area contributed by atoms with Crippen LogP contribution >= 0.6 is 45.3 Å². The third-order valence-electron chi connectivity index (χ3n) is 27.3. The minimum absolute atomic E-state index is 0.0516. The number of likely N-dealkylation sites (N-methyl/N-ethyl adjacent to an activating group) is 4. The van der Waals surface area contributed by atoms with Crippen LogP contribution in [0.3, 0.4) is 0 Å². The standard InChI is InChI=1S/2C29H29N7OS.C28H28N6O2S.C26H31N9OS/c1-3-36-27-21(18-24(28(36)37)26-9-8-25(38-26)20-10-12-30-13-11-20)19-31-29(33-27)32-22-4-6-23(7-5-22)35-16-14-34(2)15-17-35;1-3-36-27-21(17-24(28(36)37)26-11-10-25(38-26)20-5-4-12-30-18-20)19-31-29(33-27)32-22-6-8-23(9-7-22)35-15-13-34(2)14-16-35;1-3-34-26-20(16-23(27(34)35)25-9-8-24(37-25)19-10-15-36-18-19)17-29-28(31-26)30-21-4-6-22(7-5-21)33-13-11-32(2)12-14-33;1-3-35-24-17(14-20(25(35)36)22-8-9-23(37-22)21(27)16-30-28)15-29-26(32-24)31-18-4-6-19(7-5-18)34-12-10-33(2)11-13-34/h4-13,18-19H,3,14-17H2,1-2H3,(H,31,32,33);4-12,17-19H,3,13-16H2,1-2H3,(H,31,32,33);4-10,15-18H,3,11-14H2,1-2H3,(H,29,30,31);4-9,14-16,30H,3,10-13,27-28H2,1-2H3,(H,29,31,32)/b;;;21-16-. The number of hydrazine groups is 1. The molecule has 4 saturated heterocycles. The van der Waals surface area contributed by atoms with Gasteiger partial charge in [-0.3, -0.25) is 53.3 Å². The minimum Gasteiger partial charge on any atom is -0.472 e. The predicted molar refractivity (Wildman–Crippen MR) is 613 cm³/mol. The number of nitrogens with zero attached hydrogens (tertiary/aromatic N) is 22. The topological polar surface area (TPSA) is 368 Å². The van der Waals surface area contributed by atoms with Gasteiger partial charge in [-0.1, -0.05) is 6.07 Å². The first-order valence-corrected chi connectivity index (χ1v) is 53.5. The van der Waals surface area contributed by atoms with Crippen molar-refractivity contribution in [2.24, 2.45) is 11.6 Å². The number of thiophene rings is 4. The van der Waals surface area contributed by atoms with Crippen molar-refractivity contribution in [3.8, 4) is 73.1 Å². The van der Waals surface area contributed by atoms with Crippen LogP contribution in [0.2, 0.25) is 0 Å². The molecule has 0 spiro atoms. The highest BCUT2D eigenvalue weighted by atomic mass is 32.1. The smallest absolute Gasteiger partial charge is 0.260 e. The number of pyridine rings is 6. The van der Waals surface area contributed by atoms with Gasteiger partial charge in [-0.25, -0.2) is 19.9 Å². The Morgan fingerprint density at radius 3 is 0.927 bits per heavy atom. The Morgan fingerprint density at radius 1 is 0.333 bits per heavy atom. The van der Waals surface area contributed by atoms with Crippen LogP contribution in [-0.4, -0.2) is 221 Å². The Bertz CT molecular complexity index is 7980. The third-order valence-corrected chi connectivity index (χ3v) is 31.9. The lowest BCUT2D eigenvalue weighted by Crippen LogP contribution is -2.44. The maximum Gasteiger partial charge on any atom is 0.260 e. The molecular weight excluding hydrogens is 1960 g/mol. The molecule has 38 heteroatoms. The van der Waals surface area contributed by atoms with Gasteiger partial charge in [0.15, 0.2) is 0 Å². The Hall–Kier alpha value is -16.0. The van der Waals surface area contributed by atoms with E-state index in [1.165, 1.54) is 40.3 Å². The normalized spacial score (nSPS) is 14.4. The monoisotopic (exact) mass is 2080 g/mol. The molecule has 0 aliphatic carbocycles. The zero-order valence-corrected chi connectivity index (χ0v) is 88.0. The maximum absolute atomic E-state index is 13.5. The number of nitrogens with one attached hydrogen (secondary N) is 5. The van der Waals surface area contributed by atoms with E-state index in [4.69, 9.17) is 35.9 Å². The number of anilines is 12. The molecule has 19 aromatic rings. The Balaban J connectivity index is 0.000000121. The van der Waals surface area contributed by atoms with Crippen LogP contribution in [0.1, 0.15) is 32.6 Å². The first kappa shape index (κ1) is 101. The number of piperazine rings is 4. The summed E-state index contributed by atoms with van der Waals surface area (Å²) in [5.41, 5.74) is 25.3. The van der Waals surface area contributed by atoms with E-state index >= 15 is 0 Å². The number of hydrogen-bond acceptors (Lipinski definition) is 34. The lowest BCUT2D eigenvalue weighted by atomic mass is 10.2. The Labute approximate surface area is 883 Å². The van der Waals surface area contributed by atoms with Gasteiger partial charge in [0.2, 0.25) is 23.8 Å². The molecule has 4 fully saturated rings. The number of fused-ring (bicyclic) bond motifs is 4. The molecule has 0 atom stereocenters. The second-order valence-electron chi connectivity index (χ2n) is 37.1. The summed E-state index contributed by atoms with van der Waals surface area (Å²) in [6.07, 6.45) is 19.1. The summed E-state index contributed by atoms with van der Waals surface area (Å²) < 4.78 is 12.0. The average Bonchev–Trinajstić information content (AvgIpc) is 1.38. The summed E-state index contributed by atoms with van der Waals surface area (Å²) in [4.78, 5) is 126. The fourth-order valence-corrected chi connectivity index (χ4v) is 22.7. The summed E-state index contributed by atoms with van der Waals surface area (Å²) in [6.45, 7) is 26.7. The Morgan fingerprint density at radius 2 is 0.633 bits per heavy atom. The average molecular weight is 2080 g/mol. The quantitative estimate of drug-likeness (QED) is 0.0206. The summed E-state index contributed by atoms with van der Waals surface area (Å²) in [5.74, 6) is 7.18. The van der Waals surface area contributed by atoms with Crippen molar-refractivity contribution in [3.63, 3.8) is 0 Å². The lowest BCUT2D eigenvalue weighted by Gasteiger charge is -2.34. The van der Waals surface area contributed by atoms with Gasteiger partial charge < -0.3 is 76.0 Å². The molecule has 4 aromatic carbocycles. The molecule has 0 amide bonds. The van der Waals surface area contributed by atoms with Gasteiger partial charge in [-0.2, -0.15) is 19.9 Å². The van der Waals surface area contributed by atoms with E-state index in [9.17, 15) is 19.2 Å². The van der Waals surface area contributed by atoms with Gasteiger partial charge >= 0.3 is 0 Å². The highest BCUT2D eigenvalue weighted by molar-refractivity contribution is 7.19. The molecule has 0 saturated carbocycles. The number of aromatic nitrogens is 14. The van der Waals surface area contributed by atoms with Gasteiger partial charge in [0.25, 0.3) is 22.2 Å². The summed E-state index contributed by atoms with van der Waals surface area (Å²) in [6, 6.07) is 66.6. The number of benzene rings is 4. The third kappa shape index (κ3) is 23.0. The molecule has 0 unspecified atom stereocenters. The largest absolute Gasteiger partial charge is 0.472 e. The van der Waals surface area contributed by atoms with Crippen LogP contribution in [0, 0.1) is 0 Å². The van der Waals surface area contributed by atoms with Crippen LogP contribution < -0.4 is 80.1 Å². The second kappa shape index (κ2) is 46.2. The summed E-state index contributed by atoms with van der Waals surface area (Å²) in [5, 5.41) is 16.5. The van der Waals surface area contributed by atoms with E-state index in [1.807, 2.05) is 186 Å². The Kier molecular flexibility index (Phi) is 31.1. The first-order chi connectivity index (χ1) is 73.2. The van der Waals surface area contributed by atoms with Crippen LogP contribution in [-0.2, 0) is 26.2 Å². The number of furan rings is 1. The van der Waals surface area contributed by atoms with Crippen molar-refractivity contribution < 1.29 is 4.42 Å². The van der Waals surface area contributed by atoms with Crippen molar-refractivity contribution >= 4 is 164 Å². The number of nitrogens with two attached hydrogens (primary N) is 2. The first-order valence-electron chi connectivity index (χ1n) is 50.2. The van der Waals surface area contributed by atoms with E-state index in [2.05, 4.69) is 173 Å². The molecule has 15 aromatic heterocycles. The van der Waals surface area contributed by atoms with Crippen molar-refractivity contribution in [3.05, 3.63) is 315 Å². The molecule has 34 nitrogen and oxygen atoms in total. The van der Waals surface area contributed by atoms with Crippen molar-refractivity contribution in [1.82, 2.24) is 93.1 Å². The molecule has 150 heavy (non-hydrogen) atoms. The number of aryl methyl sites for hydroxylation is 4. The molecule has 0 radical (unpaired) electrons. The van der Waals surface area contributed by atoms with E-state index in [0.29, 0.717) is 101 Å². The molecule has 0 bridgehead atoms. The maximum atomic E-state index is 13.5. The van der Waals surface area contributed by atoms with Crippen molar-refractivity contribution in [2.45, 2.75) is 53.9 Å². The molecular formula is C112H117N29O5S4. The van der Waals surface area contributed by atoms with Crippen LogP contribution in [0.25, 0.3) is 123 Å². The van der Waals surface area contributed by atoms with Crippen molar-refractivity contribution in [2.75, 3.05) is 174 Å². The summed E-state index contributed by atoms with van der Waals surface area (Å²) >= 11 is 6.18. The molecule has 23 rings (SSSR count). The second-order valence-corrected chi connectivity index (χ2v) is 41.4.